The number of hydrazine groups is 1. The van der Waals surface area contributed by atoms with Crippen LogP contribution in [0.5, 0.6) is 0 Å². The Morgan fingerprint density at radius 3 is 2.85 bits per heavy atom. The number of sulfonamides is 1. The first-order valence-electron chi connectivity index (χ1n) is 6.10. The minimum absolute atomic E-state index is 0.128. The molecule has 0 aliphatic carbocycles. The van der Waals surface area contributed by atoms with Crippen molar-refractivity contribution in [3.05, 3.63) is 11.6 Å². The summed E-state index contributed by atoms with van der Waals surface area (Å²) in [5.41, 5.74) is 0. The van der Waals surface area contributed by atoms with Crippen LogP contribution in [0.2, 0.25) is 0 Å². The summed E-state index contributed by atoms with van der Waals surface area (Å²) in [6, 6.07) is 0. The summed E-state index contributed by atoms with van der Waals surface area (Å²) in [6.07, 6.45) is 1.70. The molecule has 2 aromatic rings. The lowest BCUT2D eigenvalue weighted by atomic mass is 10.5. The molecule has 0 radical (unpaired) electrons. The van der Waals surface area contributed by atoms with Gasteiger partial charge in [0.15, 0.2) is 10.8 Å². The van der Waals surface area contributed by atoms with Crippen LogP contribution in [-0.4, -0.2) is 56.2 Å². The number of imidazole rings is 1. The van der Waals surface area contributed by atoms with Gasteiger partial charge in [-0.3, -0.25) is 4.40 Å². The molecule has 0 amide bonds. The molecular weight excluding hydrogens is 302 g/mol. The molecule has 8 nitrogen and oxygen atoms in total. The molecule has 1 aliphatic rings. The molecule has 0 atom stereocenters. The van der Waals surface area contributed by atoms with Gasteiger partial charge in [0.2, 0.25) is 5.03 Å². The number of nitrogens with one attached hydrogen (secondary N) is 2. The molecule has 110 valence electrons. The van der Waals surface area contributed by atoms with E-state index in [4.69, 9.17) is 4.74 Å². The smallest absolute Gasteiger partial charge is 0.273 e. The topological polar surface area (TPSA) is 88.0 Å². The molecule has 0 bridgehead atoms. The van der Waals surface area contributed by atoms with E-state index in [1.165, 1.54) is 11.3 Å². The number of ether oxygens (including phenoxy) is 1. The summed E-state index contributed by atoms with van der Waals surface area (Å²) in [5, 5.41) is 6.40. The molecule has 2 N–H and O–H groups in total. The van der Waals surface area contributed by atoms with Gasteiger partial charge in [-0.05, 0) is 0 Å². The van der Waals surface area contributed by atoms with E-state index >= 15 is 0 Å². The van der Waals surface area contributed by atoms with Gasteiger partial charge in [0.1, 0.15) is 0 Å². The van der Waals surface area contributed by atoms with Crippen molar-refractivity contribution in [1.29, 1.82) is 0 Å². The number of aromatic nitrogens is 2. The predicted octanol–water partition coefficient (Wildman–Crippen LogP) is -0.0370. The molecule has 2 aromatic heterocycles. The fraction of sp³-hybridized carbons (Fsp3) is 0.500. The monoisotopic (exact) mass is 317 g/mol. The Bertz CT molecular complexity index is 702. The normalized spacial score (nSPS) is 17.6. The molecule has 0 saturated carbocycles. The Balaban J connectivity index is 1.97. The molecule has 0 unspecified atom stereocenters. The van der Waals surface area contributed by atoms with Gasteiger partial charge in [0.25, 0.3) is 10.0 Å². The second-order valence-electron chi connectivity index (χ2n) is 4.27. The van der Waals surface area contributed by atoms with E-state index in [0.717, 1.165) is 0 Å². The molecule has 3 rings (SSSR count). The Hall–Kier alpha value is -1.20. The molecule has 0 spiro atoms. The highest BCUT2D eigenvalue weighted by atomic mass is 32.2. The number of morpholine rings is 1. The van der Waals surface area contributed by atoms with E-state index in [9.17, 15) is 8.42 Å². The van der Waals surface area contributed by atoms with Gasteiger partial charge in [-0.15, -0.1) is 16.2 Å². The van der Waals surface area contributed by atoms with E-state index in [1.54, 1.807) is 28.0 Å². The highest BCUT2D eigenvalue weighted by Gasteiger charge is 2.28. The first-order valence-corrected chi connectivity index (χ1v) is 8.46. The first kappa shape index (κ1) is 13.8. The van der Waals surface area contributed by atoms with E-state index in [-0.39, 0.29) is 5.03 Å². The molecule has 1 fully saturated rings. The van der Waals surface area contributed by atoms with Crippen molar-refractivity contribution in [3.63, 3.8) is 0 Å². The van der Waals surface area contributed by atoms with Crippen LogP contribution in [0.25, 0.3) is 4.96 Å². The molecular formula is C10H15N5O3S2. The maximum absolute atomic E-state index is 12.6. The Kier molecular flexibility index (Phi) is 3.65. The number of hydrogen-bond donors (Lipinski definition) is 2. The zero-order valence-electron chi connectivity index (χ0n) is 10.9. The second-order valence-corrected chi connectivity index (χ2v) is 6.71. The van der Waals surface area contributed by atoms with Crippen LogP contribution in [0.3, 0.4) is 0 Å². The van der Waals surface area contributed by atoms with Crippen molar-refractivity contribution in [2.45, 2.75) is 5.03 Å². The fourth-order valence-electron chi connectivity index (χ4n) is 2.05. The maximum Gasteiger partial charge on any atom is 0.273 e. The van der Waals surface area contributed by atoms with Crippen LogP contribution in [0, 0.1) is 0 Å². The van der Waals surface area contributed by atoms with Gasteiger partial charge < -0.3 is 10.1 Å². The summed E-state index contributed by atoms with van der Waals surface area (Å²) in [7, 11) is -2.04. The third-order valence-electron chi connectivity index (χ3n) is 2.97. The molecule has 1 saturated heterocycles. The van der Waals surface area contributed by atoms with Crippen LogP contribution < -0.4 is 10.1 Å². The van der Waals surface area contributed by atoms with Crippen molar-refractivity contribution >= 4 is 32.1 Å². The average molecular weight is 317 g/mol. The highest BCUT2D eigenvalue weighted by molar-refractivity contribution is 7.89. The molecule has 0 aromatic carbocycles. The van der Waals surface area contributed by atoms with E-state index in [2.05, 4.69) is 15.1 Å². The van der Waals surface area contributed by atoms with Gasteiger partial charge in [-0.1, -0.05) is 0 Å². The van der Waals surface area contributed by atoms with Crippen LogP contribution in [0.4, 0.5) is 5.82 Å². The van der Waals surface area contributed by atoms with Crippen molar-refractivity contribution < 1.29 is 13.2 Å². The number of rotatable bonds is 4. The van der Waals surface area contributed by atoms with Gasteiger partial charge in [0.05, 0.1) is 13.2 Å². The molecule has 1 aliphatic heterocycles. The summed E-state index contributed by atoms with van der Waals surface area (Å²) >= 11 is 1.39. The number of nitrogens with zero attached hydrogens (tertiary/aromatic N) is 3. The quantitative estimate of drug-likeness (QED) is 0.823. The van der Waals surface area contributed by atoms with Gasteiger partial charge in [0, 0.05) is 31.7 Å². The van der Waals surface area contributed by atoms with Gasteiger partial charge in [-0.2, -0.15) is 0 Å². The minimum Gasteiger partial charge on any atom is -0.379 e. The van der Waals surface area contributed by atoms with Gasteiger partial charge >= 0.3 is 0 Å². The number of thiazole rings is 1. The van der Waals surface area contributed by atoms with Crippen LogP contribution in [0.15, 0.2) is 16.6 Å². The summed E-state index contributed by atoms with van der Waals surface area (Å²) in [5.74, 6) is 0.345. The third-order valence-corrected chi connectivity index (χ3v) is 5.12. The standard InChI is InChI=1S/C10H15N5O3S2/c1-11-8-9(15-4-7-19-10(15)12-8)20(16,17)13-14-2-5-18-6-3-14/h4,7,11,13H,2-3,5-6H2,1H3. The highest BCUT2D eigenvalue weighted by Crippen LogP contribution is 2.25. The van der Waals surface area contributed by atoms with Crippen molar-refractivity contribution in [2.75, 3.05) is 38.7 Å². The van der Waals surface area contributed by atoms with E-state index in [1.807, 2.05) is 0 Å². The van der Waals surface area contributed by atoms with Crippen molar-refractivity contribution in [2.24, 2.45) is 0 Å². The predicted molar refractivity (Wildman–Crippen MR) is 75.3 cm³/mol. The lowest BCUT2D eigenvalue weighted by Gasteiger charge is -2.26. The van der Waals surface area contributed by atoms with E-state index in [0.29, 0.717) is 37.1 Å². The van der Waals surface area contributed by atoms with Crippen LogP contribution >= 0.6 is 11.3 Å². The summed E-state index contributed by atoms with van der Waals surface area (Å²) < 4.78 is 31.9. The molecule has 20 heavy (non-hydrogen) atoms. The molecule has 10 heteroatoms. The minimum atomic E-state index is -3.69. The second kappa shape index (κ2) is 5.30. The number of anilines is 1. The van der Waals surface area contributed by atoms with Crippen molar-refractivity contribution in [3.8, 4) is 0 Å². The zero-order chi connectivity index (χ0) is 14.2. The van der Waals surface area contributed by atoms with Gasteiger partial charge in [-0.25, -0.2) is 18.4 Å². The third kappa shape index (κ3) is 2.40. The Labute approximate surface area is 120 Å². The average Bonchev–Trinajstić information content (AvgIpc) is 2.98. The SMILES string of the molecule is CNc1nc2sccn2c1S(=O)(=O)NN1CCOCC1. The van der Waals surface area contributed by atoms with E-state index < -0.39 is 10.0 Å². The largest absolute Gasteiger partial charge is 0.379 e. The summed E-state index contributed by atoms with van der Waals surface area (Å²) in [4.78, 5) is 7.48. The lowest BCUT2D eigenvalue weighted by molar-refractivity contribution is 0.0272. The van der Waals surface area contributed by atoms with Crippen molar-refractivity contribution in [1.82, 2.24) is 19.2 Å². The number of hydrogen-bond acceptors (Lipinski definition) is 7. The maximum atomic E-state index is 12.6. The Morgan fingerprint density at radius 2 is 2.15 bits per heavy atom. The summed E-state index contributed by atoms with van der Waals surface area (Å²) in [6.45, 7) is 2.09. The van der Waals surface area contributed by atoms with Crippen LogP contribution in [0.1, 0.15) is 0 Å². The van der Waals surface area contributed by atoms with Crippen LogP contribution in [-0.2, 0) is 14.8 Å². The Morgan fingerprint density at radius 1 is 1.40 bits per heavy atom. The number of fused-ring (bicyclic) bond motifs is 1. The first-order chi connectivity index (χ1) is 9.62. The fourth-order valence-corrected chi connectivity index (χ4v) is 4.24. The zero-order valence-corrected chi connectivity index (χ0v) is 12.5. The molecule has 3 heterocycles. The lowest BCUT2D eigenvalue weighted by Crippen LogP contribution is -2.48.